The third-order valence-electron chi connectivity index (χ3n) is 4.34. The summed E-state index contributed by atoms with van der Waals surface area (Å²) in [6.45, 7) is 2.21. The zero-order valence-corrected chi connectivity index (χ0v) is 14.9. The Morgan fingerprint density at radius 3 is 2.96 bits per heavy atom. The van der Waals surface area contributed by atoms with Gasteiger partial charge in [0.2, 0.25) is 0 Å². The lowest BCUT2D eigenvalue weighted by Gasteiger charge is -2.33. The summed E-state index contributed by atoms with van der Waals surface area (Å²) in [6, 6.07) is 12.0. The molecule has 3 aromatic rings. The van der Waals surface area contributed by atoms with E-state index in [0.717, 1.165) is 15.6 Å². The summed E-state index contributed by atoms with van der Waals surface area (Å²) < 4.78 is 27.0. The number of hydrogen-bond donors (Lipinski definition) is 0. The number of oxazole rings is 1. The third kappa shape index (κ3) is 3.40. The van der Waals surface area contributed by atoms with Crippen LogP contribution in [0.3, 0.4) is 0 Å². The molecule has 5 nitrogen and oxygen atoms in total. The lowest BCUT2D eigenvalue weighted by molar-refractivity contribution is -0.0406. The first kappa shape index (κ1) is 16.5. The van der Waals surface area contributed by atoms with E-state index in [9.17, 15) is 9.18 Å². The van der Waals surface area contributed by atoms with Gasteiger partial charge in [-0.2, -0.15) is 0 Å². The molecule has 0 radical (unpaired) electrons. The molecule has 25 heavy (non-hydrogen) atoms. The van der Waals surface area contributed by atoms with Crippen LogP contribution in [0.2, 0.25) is 0 Å². The van der Waals surface area contributed by atoms with Gasteiger partial charge in [-0.15, -0.1) is 0 Å². The summed E-state index contributed by atoms with van der Waals surface area (Å²) in [6.07, 6.45) is -0.215. The Bertz CT molecular complexity index is 968. The summed E-state index contributed by atoms with van der Waals surface area (Å²) in [5.41, 5.74) is 2.11. The lowest BCUT2D eigenvalue weighted by Crippen LogP contribution is -2.40. The molecule has 1 unspecified atom stereocenters. The second-order valence-corrected chi connectivity index (χ2v) is 6.96. The molecular weight excluding hydrogens is 391 g/mol. The Hall–Kier alpha value is -1.96. The predicted molar refractivity (Wildman–Crippen MR) is 94.8 cm³/mol. The number of benzene rings is 2. The largest absolute Gasteiger partial charge is 0.421 e. The molecule has 0 aliphatic carbocycles. The highest BCUT2D eigenvalue weighted by Gasteiger charge is 2.23. The molecule has 1 aliphatic rings. The van der Waals surface area contributed by atoms with Crippen LogP contribution in [0, 0.1) is 5.82 Å². The zero-order valence-electron chi connectivity index (χ0n) is 13.3. The van der Waals surface area contributed by atoms with Crippen LogP contribution in [0.1, 0.15) is 11.7 Å². The van der Waals surface area contributed by atoms with Crippen molar-refractivity contribution >= 4 is 27.0 Å². The monoisotopic (exact) mass is 406 g/mol. The van der Waals surface area contributed by atoms with Crippen LogP contribution in [0.4, 0.5) is 4.39 Å². The number of aromatic nitrogens is 1. The van der Waals surface area contributed by atoms with E-state index in [2.05, 4.69) is 20.8 Å². The lowest BCUT2D eigenvalue weighted by atomic mass is 10.1. The molecule has 1 fully saturated rings. The Kier molecular flexibility index (Phi) is 4.45. The smallest absolute Gasteiger partial charge is 0.408 e. The van der Waals surface area contributed by atoms with Crippen LogP contribution in [-0.2, 0) is 11.4 Å². The highest BCUT2D eigenvalue weighted by molar-refractivity contribution is 9.10. The van der Waals surface area contributed by atoms with Crippen molar-refractivity contribution in [1.82, 2.24) is 9.47 Å². The number of halogens is 2. The highest BCUT2D eigenvalue weighted by atomic mass is 79.9. The Balaban J connectivity index is 1.57. The van der Waals surface area contributed by atoms with Gasteiger partial charge in [0, 0.05) is 17.6 Å². The highest BCUT2D eigenvalue weighted by Crippen LogP contribution is 2.24. The van der Waals surface area contributed by atoms with Gasteiger partial charge in [0.05, 0.1) is 24.9 Å². The minimum atomic E-state index is -0.387. The van der Waals surface area contributed by atoms with E-state index >= 15 is 0 Å². The molecule has 2 aromatic carbocycles. The van der Waals surface area contributed by atoms with Crippen molar-refractivity contribution in [3.63, 3.8) is 0 Å². The van der Waals surface area contributed by atoms with Gasteiger partial charge in [0.1, 0.15) is 5.82 Å². The van der Waals surface area contributed by atoms with Crippen molar-refractivity contribution in [2.45, 2.75) is 12.8 Å². The van der Waals surface area contributed by atoms with Crippen LogP contribution in [0.5, 0.6) is 0 Å². The summed E-state index contributed by atoms with van der Waals surface area (Å²) in [5, 5.41) is 0. The normalized spacial score (nSPS) is 18.7. The van der Waals surface area contributed by atoms with Crippen LogP contribution >= 0.6 is 15.9 Å². The Morgan fingerprint density at radius 2 is 2.12 bits per heavy atom. The number of ether oxygens (including phenoxy) is 1. The fourth-order valence-corrected chi connectivity index (χ4v) is 3.45. The molecule has 1 atom stereocenters. The predicted octanol–water partition coefficient (Wildman–Crippen LogP) is 3.53. The second kappa shape index (κ2) is 6.74. The average Bonchev–Trinajstić information content (AvgIpc) is 2.90. The molecule has 1 aliphatic heterocycles. The first-order chi connectivity index (χ1) is 12.1. The first-order valence-corrected chi connectivity index (χ1v) is 8.78. The molecule has 1 aromatic heterocycles. The van der Waals surface area contributed by atoms with Crippen molar-refractivity contribution < 1.29 is 13.5 Å². The van der Waals surface area contributed by atoms with E-state index in [-0.39, 0.29) is 17.7 Å². The van der Waals surface area contributed by atoms with Gasteiger partial charge in [-0.1, -0.05) is 28.1 Å². The van der Waals surface area contributed by atoms with Gasteiger partial charge in [-0.05, 0) is 35.9 Å². The van der Waals surface area contributed by atoms with Crippen molar-refractivity contribution in [3.8, 4) is 0 Å². The minimum absolute atomic E-state index is 0.215. The maximum atomic E-state index is 13.5. The molecule has 0 amide bonds. The molecule has 0 N–H and O–H groups in total. The molecule has 1 saturated heterocycles. The maximum Gasteiger partial charge on any atom is 0.421 e. The van der Waals surface area contributed by atoms with E-state index in [0.29, 0.717) is 31.9 Å². The van der Waals surface area contributed by atoms with E-state index in [4.69, 9.17) is 9.15 Å². The summed E-state index contributed by atoms with van der Waals surface area (Å²) in [7, 11) is 0. The van der Waals surface area contributed by atoms with Gasteiger partial charge < -0.3 is 9.15 Å². The van der Waals surface area contributed by atoms with Crippen molar-refractivity contribution in [1.29, 1.82) is 0 Å². The number of rotatable bonds is 3. The molecule has 4 rings (SSSR count). The minimum Gasteiger partial charge on any atom is -0.408 e. The molecule has 0 bridgehead atoms. The Morgan fingerprint density at radius 1 is 1.24 bits per heavy atom. The second-order valence-electron chi connectivity index (χ2n) is 6.04. The Labute approximate surface area is 151 Å². The zero-order chi connectivity index (χ0) is 17.4. The van der Waals surface area contributed by atoms with Gasteiger partial charge in [0.25, 0.3) is 0 Å². The summed E-state index contributed by atoms with van der Waals surface area (Å²) in [4.78, 5) is 14.3. The van der Waals surface area contributed by atoms with Crippen LogP contribution in [0.25, 0.3) is 11.1 Å². The summed E-state index contributed by atoms with van der Waals surface area (Å²) >= 11 is 3.38. The molecular formula is C18H16BrFN2O3. The fourth-order valence-electron chi connectivity index (χ4n) is 3.11. The number of morpholine rings is 1. The van der Waals surface area contributed by atoms with E-state index in [1.54, 1.807) is 16.7 Å². The number of nitrogens with zero attached hydrogens (tertiary/aromatic N) is 2. The van der Waals surface area contributed by atoms with Crippen molar-refractivity contribution in [3.05, 3.63) is 68.9 Å². The first-order valence-electron chi connectivity index (χ1n) is 7.98. The average molecular weight is 407 g/mol. The molecule has 0 saturated carbocycles. The van der Waals surface area contributed by atoms with E-state index in [1.165, 1.54) is 12.1 Å². The van der Waals surface area contributed by atoms with Crippen LogP contribution in [-0.4, -0.2) is 29.2 Å². The van der Waals surface area contributed by atoms with Crippen molar-refractivity contribution in [2.24, 2.45) is 0 Å². The van der Waals surface area contributed by atoms with Crippen LogP contribution < -0.4 is 5.76 Å². The van der Waals surface area contributed by atoms with Crippen molar-refractivity contribution in [2.75, 3.05) is 19.7 Å². The molecule has 130 valence electrons. The van der Waals surface area contributed by atoms with Gasteiger partial charge in [-0.3, -0.25) is 9.47 Å². The van der Waals surface area contributed by atoms with Gasteiger partial charge in [-0.25, -0.2) is 9.18 Å². The SMILES string of the molecule is O=c1oc2cc(Br)ccc2n1CN1CCOC(c2cccc(F)c2)C1. The van der Waals surface area contributed by atoms with Gasteiger partial charge in [0.15, 0.2) is 5.58 Å². The standard InChI is InChI=1S/C18H16BrFN2O3/c19-13-4-5-15-16(9-13)25-18(23)22(15)11-21-6-7-24-17(10-21)12-2-1-3-14(20)8-12/h1-5,8-9,17H,6-7,10-11H2. The molecule has 2 heterocycles. The number of fused-ring (bicyclic) bond motifs is 1. The summed E-state index contributed by atoms with van der Waals surface area (Å²) in [5.74, 6) is -0.664. The van der Waals surface area contributed by atoms with Crippen LogP contribution in [0.15, 0.2) is 56.1 Å². The topological polar surface area (TPSA) is 47.6 Å². The maximum absolute atomic E-state index is 13.5. The molecule has 0 spiro atoms. The molecule has 7 heteroatoms. The van der Waals surface area contributed by atoms with E-state index < -0.39 is 0 Å². The third-order valence-corrected chi connectivity index (χ3v) is 4.84. The van der Waals surface area contributed by atoms with Gasteiger partial charge >= 0.3 is 5.76 Å². The number of hydrogen-bond acceptors (Lipinski definition) is 4. The fraction of sp³-hybridized carbons (Fsp3) is 0.278. The van der Waals surface area contributed by atoms with E-state index in [1.807, 2.05) is 18.2 Å². The quantitative estimate of drug-likeness (QED) is 0.667.